The molecular weight excluding hydrogens is 300 g/mol. The Balaban J connectivity index is 1.93. The standard InChI is InChI=1S/C25H28/c1-16(2)17-14-15-22(24(17)25(3,4)5)23-20-12-8-6-10-18(20)19-11-7-9-13-21(19)23/h6-13,15-16,23H,14H2,1-5H3. The fourth-order valence-electron chi connectivity index (χ4n) is 4.80. The average Bonchev–Trinajstić information content (AvgIpc) is 3.13. The maximum Gasteiger partial charge on any atom is 0.0352 e. The lowest BCUT2D eigenvalue weighted by molar-refractivity contribution is 0.494. The van der Waals surface area contributed by atoms with Crippen LogP contribution in [0.4, 0.5) is 0 Å². The lowest BCUT2D eigenvalue weighted by Crippen LogP contribution is -2.17. The lowest BCUT2D eigenvalue weighted by Gasteiger charge is -2.30. The second-order valence-corrected chi connectivity index (χ2v) is 8.78. The molecule has 0 unspecified atom stereocenters. The summed E-state index contributed by atoms with van der Waals surface area (Å²) in [5.74, 6) is 0.993. The van der Waals surface area contributed by atoms with E-state index in [2.05, 4.69) is 89.2 Å². The summed E-state index contributed by atoms with van der Waals surface area (Å²) in [6, 6.07) is 17.9. The molecule has 2 aromatic carbocycles. The molecule has 0 bridgehead atoms. The van der Waals surface area contributed by atoms with Gasteiger partial charge in [-0.25, -0.2) is 0 Å². The second kappa shape index (κ2) is 5.73. The van der Waals surface area contributed by atoms with E-state index in [-0.39, 0.29) is 5.41 Å². The summed E-state index contributed by atoms with van der Waals surface area (Å²) in [5, 5.41) is 0. The van der Waals surface area contributed by atoms with Crippen molar-refractivity contribution in [2.45, 2.75) is 47.0 Å². The first-order chi connectivity index (χ1) is 11.9. The Morgan fingerprint density at radius 2 is 1.36 bits per heavy atom. The maximum absolute atomic E-state index is 2.51. The second-order valence-electron chi connectivity index (χ2n) is 8.78. The van der Waals surface area contributed by atoms with Crippen LogP contribution in [-0.2, 0) is 0 Å². The van der Waals surface area contributed by atoms with Crippen LogP contribution in [0.2, 0.25) is 0 Å². The van der Waals surface area contributed by atoms with Crippen LogP contribution in [0.5, 0.6) is 0 Å². The van der Waals surface area contributed by atoms with Gasteiger partial charge in [-0.1, -0.05) is 94.8 Å². The van der Waals surface area contributed by atoms with Gasteiger partial charge < -0.3 is 0 Å². The third kappa shape index (κ3) is 2.51. The highest BCUT2D eigenvalue weighted by Crippen LogP contribution is 2.54. The third-order valence-electron chi connectivity index (χ3n) is 5.74. The van der Waals surface area contributed by atoms with E-state index < -0.39 is 0 Å². The minimum absolute atomic E-state index is 0.175. The molecule has 2 aliphatic carbocycles. The predicted octanol–water partition coefficient (Wildman–Crippen LogP) is 7.13. The Kier molecular flexibility index (Phi) is 3.76. The van der Waals surface area contributed by atoms with Crippen molar-refractivity contribution in [3.63, 3.8) is 0 Å². The molecule has 0 saturated heterocycles. The Labute approximate surface area is 152 Å². The topological polar surface area (TPSA) is 0 Å². The molecule has 4 rings (SSSR count). The van der Waals surface area contributed by atoms with Gasteiger partial charge in [-0.15, -0.1) is 0 Å². The normalized spacial score (nSPS) is 17.1. The third-order valence-corrected chi connectivity index (χ3v) is 5.74. The van der Waals surface area contributed by atoms with Crippen molar-refractivity contribution in [1.29, 1.82) is 0 Å². The summed E-state index contributed by atoms with van der Waals surface area (Å²) in [6.45, 7) is 11.8. The van der Waals surface area contributed by atoms with Crippen molar-refractivity contribution < 1.29 is 0 Å². The van der Waals surface area contributed by atoms with Crippen molar-refractivity contribution in [3.05, 3.63) is 82.5 Å². The zero-order valence-corrected chi connectivity index (χ0v) is 16.1. The first-order valence-corrected chi connectivity index (χ1v) is 9.51. The number of fused-ring (bicyclic) bond motifs is 3. The van der Waals surface area contributed by atoms with Gasteiger partial charge >= 0.3 is 0 Å². The van der Waals surface area contributed by atoms with E-state index in [0.717, 1.165) is 6.42 Å². The molecule has 0 nitrogen and oxygen atoms in total. The summed E-state index contributed by atoms with van der Waals surface area (Å²) >= 11 is 0. The van der Waals surface area contributed by atoms with Gasteiger partial charge in [0.1, 0.15) is 0 Å². The van der Waals surface area contributed by atoms with Gasteiger partial charge in [0, 0.05) is 5.92 Å². The van der Waals surface area contributed by atoms with Crippen LogP contribution in [0.3, 0.4) is 0 Å². The zero-order valence-electron chi connectivity index (χ0n) is 16.1. The SMILES string of the molecule is CC(C)C1=C(C(C)(C)C)C(C2c3ccccc3-c3ccccc32)=CC1. The molecule has 25 heavy (non-hydrogen) atoms. The molecular formula is C25H28. The lowest BCUT2D eigenvalue weighted by atomic mass is 9.74. The molecule has 0 radical (unpaired) electrons. The van der Waals surface area contributed by atoms with Crippen molar-refractivity contribution >= 4 is 0 Å². The molecule has 0 N–H and O–H groups in total. The van der Waals surface area contributed by atoms with E-state index >= 15 is 0 Å². The van der Waals surface area contributed by atoms with E-state index in [1.165, 1.54) is 22.3 Å². The fourth-order valence-corrected chi connectivity index (χ4v) is 4.80. The maximum atomic E-state index is 2.51. The molecule has 0 aromatic heterocycles. The molecule has 2 aromatic rings. The number of hydrogen-bond acceptors (Lipinski definition) is 0. The molecule has 0 heteroatoms. The number of rotatable bonds is 2. The van der Waals surface area contributed by atoms with Crippen molar-refractivity contribution in [1.82, 2.24) is 0 Å². The van der Waals surface area contributed by atoms with Crippen molar-refractivity contribution in [2.75, 3.05) is 0 Å². The van der Waals surface area contributed by atoms with Crippen LogP contribution in [0.15, 0.2) is 71.3 Å². The molecule has 128 valence electrons. The summed E-state index contributed by atoms with van der Waals surface area (Å²) in [6.07, 6.45) is 3.62. The monoisotopic (exact) mass is 328 g/mol. The molecule has 0 amide bonds. The Bertz CT molecular complexity index is 839. The van der Waals surface area contributed by atoms with E-state index in [4.69, 9.17) is 0 Å². The van der Waals surface area contributed by atoms with Gasteiger partial charge in [0.15, 0.2) is 0 Å². The van der Waals surface area contributed by atoms with Gasteiger partial charge in [-0.2, -0.15) is 0 Å². The molecule has 0 saturated carbocycles. The predicted molar refractivity (Wildman–Crippen MR) is 108 cm³/mol. The summed E-state index contributed by atoms with van der Waals surface area (Å²) in [7, 11) is 0. The van der Waals surface area contributed by atoms with E-state index in [9.17, 15) is 0 Å². The fraction of sp³-hybridized carbons (Fsp3) is 0.360. The largest absolute Gasteiger partial charge is 0.0760 e. The summed E-state index contributed by atoms with van der Waals surface area (Å²) < 4.78 is 0. The summed E-state index contributed by atoms with van der Waals surface area (Å²) in [4.78, 5) is 0. The van der Waals surface area contributed by atoms with Gasteiger partial charge in [-0.05, 0) is 51.2 Å². The minimum Gasteiger partial charge on any atom is -0.0760 e. The van der Waals surface area contributed by atoms with Gasteiger partial charge in [0.2, 0.25) is 0 Å². The van der Waals surface area contributed by atoms with Crippen LogP contribution < -0.4 is 0 Å². The zero-order chi connectivity index (χ0) is 17.8. The highest BCUT2D eigenvalue weighted by molar-refractivity contribution is 5.81. The highest BCUT2D eigenvalue weighted by Gasteiger charge is 2.38. The van der Waals surface area contributed by atoms with Gasteiger partial charge in [-0.3, -0.25) is 0 Å². The van der Waals surface area contributed by atoms with Crippen LogP contribution >= 0.6 is 0 Å². The van der Waals surface area contributed by atoms with Gasteiger partial charge in [0.25, 0.3) is 0 Å². The van der Waals surface area contributed by atoms with E-state index in [1.807, 2.05) is 0 Å². The quantitative estimate of drug-likeness (QED) is 0.550. The minimum atomic E-state index is 0.175. The van der Waals surface area contributed by atoms with E-state index in [1.54, 1.807) is 16.7 Å². The molecule has 0 heterocycles. The first kappa shape index (κ1) is 16.4. The number of allylic oxidation sites excluding steroid dienone is 4. The smallest absolute Gasteiger partial charge is 0.0352 e. The Morgan fingerprint density at radius 3 is 1.84 bits per heavy atom. The molecule has 0 fully saturated rings. The van der Waals surface area contributed by atoms with Crippen molar-refractivity contribution in [2.24, 2.45) is 11.3 Å². The molecule has 2 aliphatic rings. The molecule has 0 spiro atoms. The van der Waals surface area contributed by atoms with Crippen LogP contribution in [0, 0.1) is 11.3 Å². The van der Waals surface area contributed by atoms with Crippen LogP contribution in [0.25, 0.3) is 11.1 Å². The first-order valence-electron chi connectivity index (χ1n) is 9.51. The molecule has 0 atom stereocenters. The molecule has 0 aliphatic heterocycles. The highest BCUT2D eigenvalue weighted by atomic mass is 14.4. The number of benzene rings is 2. The average molecular weight is 328 g/mol. The van der Waals surface area contributed by atoms with Crippen LogP contribution in [0.1, 0.15) is 58.1 Å². The summed E-state index contributed by atoms with van der Waals surface area (Å²) in [5.41, 5.74) is 10.7. The Hall–Kier alpha value is -2.08. The van der Waals surface area contributed by atoms with Crippen molar-refractivity contribution in [3.8, 4) is 11.1 Å². The number of hydrogen-bond donors (Lipinski definition) is 0. The Morgan fingerprint density at radius 1 is 0.840 bits per heavy atom. The van der Waals surface area contributed by atoms with Crippen LogP contribution in [-0.4, -0.2) is 0 Å². The van der Waals surface area contributed by atoms with E-state index in [0.29, 0.717) is 11.8 Å². The van der Waals surface area contributed by atoms with Gasteiger partial charge in [0.05, 0.1) is 0 Å².